The van der Waals surface area contributed by atoms with Crippen LogP contribution in [0.2, 0.25) is 0 Å². The van der Waals surface area contributed by atoms with E-state index in [1.54, 1.807) is 35.1 Å². The van der Waals surface area contributed by atoms with Crippen molar-refractivity contribution in [1.29, 1.82) is 0 Å². The molecule has 0 aliphatic carbocycles. The van der Waals surface area contributed by atoms with Gasteiger partial charge in [-0.15, -0.1) is 11.8 Å². The largest absolute Gasteiger partial charge is 0.497 e. The number of anilines is 1. The van der Waals surface area contributed by atoms with Gasteiger partial charge in [0.05, 0.1) is 12.8 Å². The van der Waals surface area contributed by atoms with Crippen LogP contribution in [0.15, 0.2) is 77.7 Å². The predicted molar refractivity (Wildman–Crippen MR) is 145 cm³/mol. The maximum absolute atomic E-state index is 13.5. The Kier molecular flexibility index (Phi) is 7.17. The number of amides is 2. The minimum atomic E-state index is -0.736. The van der Waals surface area contributed by atoms with Crippen LogP contribution in [-0.4, -0.2) is 41.6 Å². The summed E-state index contributed by atoms with van der Waals surface area (Å²) in [5.41, 5.74) is 2.41. The molecule has 0 radical (unpaired) electrons. The highest BCUT2D eigenvalue weighted by Gasteiger charge is 2.43. The summed E-state index contributed by atoms with van der Waals surface area (Å²) in [6.07, 6.45) is 0. The number of rotatable bonds is 5. The number of para-hydroxylation sites is 1. The van der Waals surface area contributed by atoms with Crippen LogP contribution >= 0.6 is 23.5 Å². The van der Waals surface area contributed by atoms with Crippen LogP contribution < -0.4 is 14.4 Å². The molecule has 2 aliphatic heterocycles. The lowest BCUT2D eigenvalue weighted by atomic mass is 10.1. The second kappa shape index (κ2) is 10.5. The Balaban J connectivity index is 1.46. The van der Waals surface area contributed by atoms with Gasteiger partial charge in [0.25, 0.3) is 0 Å². The second-order valence-corrected chi connectivity index (χ2v) is 10.9. The highest BCUT2D eigenvalue weighted by atomic mass is 32.2. The molecular formula is C28H26N2O5S2. The number of fused-ring (bicyclic) bond motifs is 1. The summed E-state index contributed by atoms with van der Waals surface area (Å²) >= 11 is 3.05. The third-order valence-corrected chi connectivity index (χ3v) is 8.96. The van der Waals surface area contributed by atoms with Gasteiger partial charge in [0.1, 0.15) is 28.3 Å². The van der Waals surface area contributed by atoms with E-state index in [1.807, 2.05) is 54.6 Å². The molecule has 2 aliphatic rings. The molecule has 190 valence electrons. The highest BCUT2D eigenvalue weighted by molar-refractivity contribution is 8.00. The molecule has 2 amide bonds. The van der Waals surface area contributed by atoms with Crippen molar-refractivity contribution in [3.8, 4) is 11.5 Å². The van der Waals surface area contributed by atoms with E-state index in [9.17, 15) is 14.4 Å². The Hall–Kier alpha value is -3.43. The van der Waals surface area contributed by atoms with Gasteiger partial charge in [-0.1, -0.05) is 54.2 Å². The van der Waals surface area contributed by atoms with E-state index in [0.29, 0.717) is 22.8 Å². The van der Waals surface area contributed by atoms with E-state index in [1.165, 1.54) is 37.4 Å². The molecule has 0 N–H and O–H groups in total. The van der Waals surface area contributed by atoms with Crippen molar-refractivity contribution >= 4 is 47.0 Å². The Morgan fingerprint density at radius 3 is 2.32 bits per heavy atom. The van der Waals surface area contributed by atoms with Crippen LogP contribution in [0.1, 0.15) is 35.7 Å². The van der Waals surface area contributed by atoms with E-state index < -0.39 is 17.4 Å². The molecule has 3 atom stereocenters. The van der Waals surface area contributed by atoms with E-state index in [2.05, 4.69) is 0 Å². The molecule has 0 aromatic heterocycles. The van der Waals surface area contributed by atoms with Gasteiger partial charge in [-0.05, 0) is 35.9 Å². The molecule has 1 unspecified atom stereocenters. The molecule has 1 saturated heterocycles. The molecule has 1 fully saturated rings. The van der Waals surface area contributed by atoms with Gasteiger partial charge >= 0.3 is 5.97 Å². The third kappa shape index (κ3) is 4.81. The SMILES string of the molecule is COc1ccc(OC(=O)[C@@H]2CS[C@H](c3ccccc3)N2C(C)=O)c(C2Sc3ccccc3N2C(C)=O)c1. The van der Waals surface area contributed by atoms with E-state index in [4.69, 9.17) is 9.47 Å². The predicted octanol–water partition coefficient (Wildman–Crippen LogP) is 5.42. The number of benzene rings is 3. The minimum absolute atomic E-state index is 0.122. The zero-order valence-corrected chi connectivity index (χ0v) is 22.3. The summed E-state index contributed by atoms with van der Waals surface area (Å²) in [5.74, 6) is 0.512. The van der Waals surface area contributed by atoms with Gasteiger partial charge < -0.3 is 14.4 Å². The van der Waals surface area contributed by atoms with Crippen molar-refractivity contribution in [1.82, 2.24) is 4.90 Å². The normalized spacial score (nSPS) is 20.5. The molecule has 0 spiro atoms. The lowest BCUT2D eigenvalue weighted by Gasteiger charge is -2.28. The lowest BCUT2D eigenvalue weighted by Crippen LogP contribution is -2.44. The highest BCUT2D eigenvalue weighted by Crippen LogP contribution is 2.53. The summed E-state index contributed by atoms with van der Waals surface area (Å²) in [7, 11) is 1.56. The van der Waals surface area contributed by atoms with E-state index in [-0.39, 0.29) is 17.2 Å². The molecule has 3 aromatic rings. The molecule has 9 heteroatoms. The maximum Gasteiger partial charge on any atom is 0.335 e. The fourth-order valence-corrected chi connectivity index (χ4v) is 7.49. The van der Waals surface area contributed by atoms with Gasteiger partial charge in [-0.25, -0.2) is 4.79 Å². The first-order valence-corrected chi connectivity index (χ1v) is 13.7. The Morgan fingerprint density at radius 1 is 0.892 bits per heavy atom. The Labute approximate surface area is 224 Å². The first-order chi connectivity index (χ1) is 17.9. The molecular weight excluding hydrogens is 508 g/mol. The zero-order valence-electron chi connectivity index (χ0n) is 20.6. The van der Waals surface area contributed by atoms with Crippen molar-refractivity contribution < 1.29 is 23.9 Å². The fourth-order valence-electron chi connectivity index (χ4n) is 4.66. The molecule has 0 saturated carbocycles. The number of hydrogen-bond acceptors (Lipinski definition) is 7. The number of nitrogens with zero attached hydrogens (tertiary/aromatic N) is 2. The number of methoxy groups -OCH3 is 1. The fraction of sp³-hybridized carbons (Fsp3) is 0.250. The third-order valence-electron chi connectivity index (χ3n) is 6.35. The van der Waals surface area contributed by atoms with Gasteiger partial charge in [-0.2, -0.15) is 0 Å². The number of hydrogen-bond donors (Lipinski definition) is 0. The quantitative estimate of drug-likeness (QED) is 0.320. The molecule has 5 rings (SSSR count). The molecule has 7 nitrogen and oxygen atoms in total. The Morgan fingerprint density at radius 2 is 1.62 bits per heavy atom. The molecule has 3 aromatic carbocycles. The van der Waals surface area contributed by atoms with Crippen molar-refractivity contribution in [3.63, 3.8) is 0 Å². The van der Waals surface area contributed by atoms with E-state index >= 15 is 0 Å². The first kappa shape index (κ1) is 25.2. The van der Waals surface area contributed by atoms with Crippen LogP contribution in [0.25, 0.3) is 0 Å². The van der Waals surface area contributed by atoms with E-state index in [0.717, 1.165) is 16.1 Å². The van der Waals surface area contributed by atoms with Crippen molar-refractivity contribution in [2.45, 2.75) is 35.5 Å². The second-order valence-electron chi connectivity index (χ2n) is 8.69. The summed E-state index contributed by atoms with van der Waals surface area (Å²) < 4.78 is 11.4. The van der Waals surface area contributed by atoms with Crippen LogP contribution in [-0.2, 0) is 14.4 Å². The maximum atomic E-state index is 13.5. The zero-order chi connectivity index (χ0) is 26.1. The summed E-state index contributed by atoms with van der Waals surface area (Å²) in [6, 6.07) is 21.8. The van der Waals surface area contributed by atoms with Gasteiger partial charge in [0.2, 0.25) is 11.8 Å². The Bertz CT molecular complexity index is 1350. The first-order valence-electron chi connectivity index (χ1n) is 11.8. The molecule has 2 heterocycles. The number of carbonyl (C=O) groups excluding carboxylic acids is 3. The van der Waals surface area contributed by atoms with Gasteiger partial charge in [0.15, 0.2) is 0 Å². The molecule has 37 heavy (non-hydrogen) atoms. The van der Waals surface area contributed by atoms with Crippen LogP contribution in [0.4, 0.5) is 5.69 Å². The summed E-state index contributed by atoms with van der Waals surface area (Å²) in [5, 5.41) is -0.702. The van der Waals surface area contributed by atoms with Crippen molar-refractivity contribution in [2.24, 2.45) is 0 Å². The lowest BCUT2D eigenvalue weighted by molar-refractivity contribution is -0.146. The summed E-state index contributed by atoms with van der Waals surface area (Å²) in [6.45, 7) is 2.99. The average Bonchev–Trinajstić information content (AvgIpc) is 3.52. The number of ether oxygens (including phenoxy) is 2. The van der Waals surface area contributed by atoms with Crippen molar-refractivity contribution in [2.75, 3.05) is 17.8 Å². The number of esters is 1. The van der Waals surface area contributed by atoms with Crippen LogP contribution in [0.3, 0.4) is 0 Å². The van der Waals surface area contributed by atoms with Crippen LogP contribution in [0, 0.1) is 0 Å². The standard InChI is InChI=1S/C28H26N2O5S2/c1-17(31)29-22-11-7-8-12-25(22)37-27(29)21-15-20(34-3)13-14-24(21)35-28(33)23-16-36-26(30(23)18(2)32)19-9-5-4-6-10-19/h4-15,23,26-27H,16H2,1-3H3/t23-,26+,27?/m0/s1. The van der Waals surface area contributed by atoms with Crippen molar-refractivity contribution in [3.05, 3.63) is 83.9 Å². The van der Waals surface area contributed by atoms with Gasteiger partial charge in [0, 0.05) is 30.1 Å². The smallest absolute Gasteiger partial charge is 0.335 e. The topological polar surface area (TPSA) is 76.2 Å². The summed E-state index contributed by atoms with van der Waals surface area (Å²) in [4.78, 5) is 43.1. The minimum Gasteiger partial charge on any atom is -0.497 e. The monoisotopic (exact) mass is 534 g/mol. The average molecular weight is 535 g/mol. The molecule has 0 bridgehead atoms. The number of thioether (sulfide) groups is 2. The van der Waals surface area contributed by atoms with Crippen LogP contribution in [0.5, 0.6) is 11.5 Å². The number of carbonyl (C=O) groups is 3. The van der Waals surface area contributed by atoms with Gasteiger partial charge in [-0.3, -0.25) is 14.5 Å².